The van der Waals surface area contributed by atoms with Crippen LogP contribution in [0.5, 0.6) is 0 Å². The molecular formula is C19H29N5O5S. The van der Waals surface area contributed by atoms with E-state index in [9.17, 15) is 23.3 Å². The molecule has 166 valence electrons. The number of piperazine rings is 1. The van der Waals surface area contributed by atoms with Crippen molar-refractivity contribution in [3.8, 4) is 0 Å². The van der Waals surface area contributed by atoms with Gasteiger partial charge in [0.1, 0.15) is 0 Å². The highest BCUT2D eigenvalue weighted by molar-refractivity contribution is 7.86. The summed E-state index contributed by atoms with van der Waals surface area (Å²) in [6.45, 7) is 2.55. The number of rotatable bonds is 5. The molecule has 3 rings (SSSR count). The molecule has 1 saturated heterocycles. The summed E-state index contributed by atoms with van der Waals surface area (Å²) in [5, 5.41) is 13.8. The molecule has 0 aromatic heterocycles. The number of hydrogen-bond acceptors (Lipinski definition) is 5. The van der Waals surface area contributed by atoms with E-state index in [4.69, 9.17) is 0 Å². The monoisotopic (exact) mass is 439 g/mol. The second-order valence-electron chi connectivity index (χ2n) is 7.84. The van der Waals surface area contributed by atoms with Gasteiger partial charge in [-0.15, -0.1) is 0 Å². The largest absolute Gasteiger partial charge is 0.322 e. The fourth-order valence-corrected chi connectivity index (χ4v) is 5.66. The molecular weight excluding hydrogens is 410 g/mol. The van der Waals surface area contributed by atoms with Crippen LogP contribution in [0.2, 0.25) is 0 Å². The Kier molecular flexibility index (Phi) is 6.94. The van der Waals surface area contributed by atoms with Gasteiger partial charge in [-0.25, -0.2) is 4.79 Å². The fraction of sp³-hybridized carbons (Fsp3) is 0.632. The average molecular weight is 440 g/mol. The Labute approximate surface area is 177 Å². The number of benzene rings is 1. The summed E-state index contributed by atoms with van der Waals surface area (Å²) in [5.41, 5.74) is 0.696. The minimum absolute atomic E-state index is 0.0434. The second kappa shape index (κ2) is 9.27. The molecule has 0 bridgehead atoms. The molecule has 0 radical (unpaired) electrons. The Morgan fingerprint density at radius 3 is 2.40 bits per heavy atom. The Hall–Kier alpha value is -2.24. The van der Waals surface area contributed by atoms with Gasteiger partial charge in [-0.05, 0) is 25.8 Å². The number of nitrogens with one attached hydrogen (secondary N) is 1. The van der Waals surface area contributed by atoms with Crippen molar-refractivity contribution in [3.63, 3.8) is 0 Å². The standard InChI is InChI=1S/C19H29N5O5S/c1-15-17(9-6-10-18(15)24(26)27)20-19(25)22-11-13-23(14-12-22)30(28,29)21(2)16-7-4-3-5-8-16/h6,9-10,16H,3-5,7-8,11-14H2,1-2H3,(H,20,25). The van der Waals surface area contributed by atoms with Gasteiger partial charge in [0.25, 0.3) is 15.9 Å². The van der Waals surface area contributed by atoms with Crippen molar-refractivity contribution in [2.75, 3.05) is 38.5 Å². The van der Waals surface area contributed by atoms with E-state index in [0.29, 0.717) is 11.3 Å². The van der Waals surface area contributed by atoms with Crippen molar-refractivity contribution >= 4 is 27.6 Å². The summed E-state index contributed by atoms with van der Waals surface area (Å²) in [5.74, 6) is 0. The predicted octanol–water partition coefficient (Wildman–Crippen LogP) is 2.56. The number of carbonyl (C=O) groups is 1. The molecule has 11 heteroatoms. The first-order valence-electron chi connectivity index (χ1n) is 10.2. The average Bonchev–Trinajstić information content (AvgIpc) is 2.75. The highest BCUT2D eigenvalue weighted by Crippen LogP contribution is 2.27. The van der Waals surface area contributed by atoms with Gasteiger partial charge in [0, 0.05) is 45.3 Å². The maximum Gasteiger partial charge on any atom is 0.321 e. The molecule has 2 amide bonds. The predicted molar refractivity (Wildman–Crippen MR) is 114 cm³/mol. The van der Waals surface area contributed by atoms with Crippen molar-refractivity contribution < 1.29 is 18.1 Å². The zero-order valence-electron chi connectivity index (χ0n) is 17.4. The lowest BCUT2D eigenvalue weighted by Gasteiger charge is -2.38. The Bertz CT molecular complexity index is 893. The van der Waals surface area contributed by atoms with Crippen LogP contribution in [-0.2, 0) is 10.2 Å². The quantitative estimate of drug-likeness (QED) is 0.559. The third-order valence-electron chi connectivity index (χ3n) is 6.05. The molecule has 1 saturated carbocycles. The highest BCUT2D eigenvalue weighted by Gasteiger charge is 2.35. The lowest BCUT2D eigenvalue weighted by atomic mass is 9.96. The SMILES string of the molecule is Cc1c(NC(=O)N2CCN(S(=O)(=O)N(C)C3CCCCC3)CC2)cccc1[N+](=O)[O-]. The van der Waals surface area contributed by atoms with Crippen LogP contribution in [0.3, 0.4) is 0 Å². The zero-order valence-corrected chi connectivity index (χ0v) is 18.2. The first-order chi connectivity index (χ1) is 14.2. The van der Waals surface area contributed by atoms with Crippen molar-refractivity contribution in [3.05, 3.63) is 33.9 Å². The van der Waals surface area contributed by atoms with Gasteiger partial charge in [-0.2, -0.15) is 17.0 Å². The maximum absolute atomic E-state index is 13.0. The Balaban J connectivity index is 1.59. The highest BCUT2D eigenvalue weighted by atomic mass is 32.2. The number of nitro benzene ring substituents is 1. The lowest BCUT2D eigenvalue weighted by Crippen LogP contribution is -2.55. The minimum atomic E-state index is -3.56. The number of anilines is 1. The number of nitrogens with zero attached hydrogens (tertiary/aromatic N) is 4. The van der Waals surface area contributed by atoms with E-state index in [1.54, 1.807) is 20.0 Å². The molecule has 0 atom stereocenters. The third kappa shape index (κ3) is 4.73. The van der Waals surface area contributed by atoms with Crippen LogP contribution in [0.4, 0.5) is 16.2 Å². The normalized spacial score (nSPS) is 19.1. The topological polar surface area (TPSA) is 116 Å². The molecule has 30 heavy (non-hydrogen) atoms. The van der Waals surface area contributed by atoms with E-state index in [1.807, 2.05) is 0 Å². The third-order valence-corrected chi connectivity index (χ3v) is 8.09. The van der Waals surface area contributed by atoms with Crippen molar-refractivity contribution in [1.29, 1.82) is 0 Å². The summed E-state index contributed by atoms with van der Waals surface area (Å²) < 4.78 is 28.9. The molecule has 0 unspecified atom stereocenters. The van der Waals surface area contributed by atoms with Gasteiger partial charge in [-0.1, -0.05) is 25.3 Å². The summed E-state index contributed by atoms with van der Waals surface area (Å²) in [4.78, 5) is 24.7. The van der Waals surface area contributed by atoms with Crippen LogP contribution in [-0.4, -0.2) is 72.2 Å². The fourth-order valence-electron chi connectivity index (χ4n) is 4.09. The molecule has 1 N–H and O–H groups in total. The number of urea groups is 1. The number of carbonyl (C=O) groups excluding carboxylic acids is 1. The lowest BCUT2D eigenvalue weighted by molar-refractivity contribution is -0.385. The molecule has 2 fully saturated rings. The molecule has 0 spiro atoms. The second-order valence-corrected chi connectivity index (χ2v) is 9.83. The van der Waals surface area contributed by atoms with E-state index in [2.05, 4.69) is 5.32 Å². The summed E-state index contributed by atoms with van der Waals surface area (Å²) in [6.07, 6.45) is 5.04. The van der Waals surface area contributed by atoms with Crippen LogP contribution in [0.15, 0.2) is 18.2 Å². The summed E-state index contributed by atoms with van der Waals surface area (Å²) >= 11 is 0. The molecule has 2 aliphatic rings. The molecule has 1 aliphatic heterocycles. The first-order valence-corrected chi connectivity index (χ1v) is 11.6. The van der Waals surface area contributed by atoms with E-state index in [-0.39, 0.29) is 37.9 Å². The summed E-state index contributed by atoms with van der Waals surface area (Å²) in [6, 6.07) is 4.17. The Morgan fingerprint density at radius 2 is 1.80 bits per heavy atom. The summed E-state index contributed by atoms with van der Waals surface area (Å²) in [7, 11) is -1.91. The van der Waals surface area contributed by atoms with Gasteiger partial charge < -0.3 is 10.2 Å². The van der Waals surface area contributed by atoms with Gasteiger partial charge in [0.2, 0.25) is 0 Å². The van der Waals surface area contributed by atoms with E-state index < -0.39 is 21.2 Å². The number of hydrogen-bond donors (Lipinski definition) is 1. The number of nitro groups is 1. The van der Waals surface area contributed by atoms with E-state index in [1.165, 1.54) is 25.6 Å². The van der Waals surface area contributed by atoms with Crippen molar-refractivity contribution in [1.82, 2.24) is 13.5 Å². The first kappa shape index (κ1) is 22.4. The van der Waals surface area contributed by atoms with Crippen LogP contribution < -0.4 is 5.32 Å². The minimum Gasteiger partial charge on any atom is -0.322 e. The molecule has 10 nitrogen and oxygen atoms in total. The van der Waals surface area contributed by atoms with Gasteiger partial charge in [0.05, 0.1) is 16.2 Å². The maximum atomic E-state index is 13.0. The molecule has 1 aromatic carbocycles. The molecule has 1 aromatic rings. The molecule has 1 aliphatic carbocycles. The van der Waals surface area contributed by atoms with Crippen molar-refractivity contribution in [2.24, 2.45) is 0 Å². The zero-order chi connectivity index (χ0) is 21.9. The number of amides is 2. The van der Waals surface area contributed by atoms with Crippen LogP contribution in [0, 0.1) is 17.0 Å². The van der Waals surface area contributed by atoms with Gasteiger partial charge in [0.15, 0.2) is 0 Å². The van der Waals surface area contributed by atoms with Crippen LogP contribution in [0.1, 0.15) is 37.7 Å². The van der Waals surface area contributed by atoms with E-state index >= 15 is 0 Å². The molecule has 1 heterocycles. The van der Waals surface area contributed by atoms with Crippen LogP contribution in [0.25, 0.3) is 0 Å². The van der Waals surface area contributed by atoms with E-state index in [0.717, 1.165) is 32.1 Å². The smallest absolute Gasteiger partial charge is 0.321 e. The Morgan fingerprint density at radius 1 is 1.17 bits per heavy atom. The van der Waals surface area contributed by atoms with Gasteiger partial charge in [-0.3, -0.25) is 10.1 Å². The van der Waals surface area contributed by atoms with Gasteiger partial charge >= 0.3 is 6.03 Å². The van der Waals surface area contributed by atoms with Crippen LogP contribution >= 0.6 is 0 Å². The van der Waals surface area contributed by atoms with Crippen molar-refractivity contribution in [2.45, 2.75) is 45.1 Å².